The van der Waals surface area contributed by atoms with E-state index in [4.69, 9.17) is 0 Å². The molecule has 0 fully saturated rings. The van der Waals surface area contributed by atoms with E-state index >= 15 is 0 Å². The summed E-state index contributed by atoms with van der Waals surface area (Å²) in [5.41, 5.74) is 1.21. The quantitative estimate of drug-likeness (QED) is 0.860. The molecule has 1 N–H and O–H groups in total. The predicted octanol–water partition coefficient (Wildman–Crippen LogP) is 3.01. The molecule has 1 aliphatic rings. The fourth-order valence-electron chi connectivity index (χ4n) is 1.81. The average molecular weight is 226 g/mol. The Morgan fingerprint density at radius 3 is 3.07 bits per heavy atom. The fourth-order valence-corrected chi connectivity index (χ4v) is 2.88. The van der Waals surface area contributed by atoms with Crippen LogP contribution < -0.4 is 5.32 Å². The fraction of sp³-hybridized carbons (Fsp3) is 0.636. The van der Waals surface area contributed by atoms with Crippen LogP contribution in [0.15, 0.2) is 0 Å². The lowest BCUT2D eigenvalue weighted by Gasteiger charge is -2.06. The summed E-state index contributed by atoms with van der Waals surface area (Å²) in [5, 5.41) is 3.66. The lowest BCUT2D eigenvalue weighted by molar-refractivity contribution is -0.116. The van der Waals surface area contributed by atoms with Crippen molar-refractivity contribution in [2.24, 2.45) is 0 Å². The van der Waals surface area contributed by atoms with Gasteiger partial charge in [0.15, 0.2) is 5.13 Å². The third-order valence-corrected chi connectivity index (χ3v) is 3.64. The summed E-state index contributed by atoms with van der Waals surface area (Å²) in [5.74, 6) is 0.0867. The maximum absolute atomic E-state index is 11.4. The van der Waals surface area contributed by atoms with Crippen LogP contribution in [-0.2, 0) is 17.6 Å². The van der Waals surface area contributed by atoms with Gasteiger partial charge in [0.1, 0.15) is 0 Å². The molecule has 0 bridgehead atoms. The van der Waals surface area contributed by atoms with Crippen molar-refractivity contribution in [2.45, 2.75) is 45.4 Å². The molecule has 0 saturated carbocycles. The van der Waals surface area contributed by atoms with Crippen molar-refractivity contribution in [3.8, 4) is 0 Å². The molecular weight excluding hydrogens is 208 g/mol. The standard InChI is InChI=1S/C11H16N2OS.H2/c1-2-5-10(14)13-11-12-8-6-3-4-7-9(8)15-11;/h2-7H2,1H3,(H,12,13,14);1H. The maximum atomic E-state index is 11.4. The normalized spacial score (nSPS) is 14.7. The number of anilines is 1. The highest BCUT2D eigenvalue weighted by molar-refractivity contribution is 7.15. The largest absolute Gasteiger partial charge is 0.302 e. The highest BCUT2D eigenvalue weighted by Crippen LogP contribution is 2.29. The number of carbonyl (C=O) groups excluding carboxylic acids is 1. The van der Waals surface area contributed by atoms with Gasteiger partial charge in [-0.3, -0.25) is 4.79 Å². The van der Waals surface area contributed by atoms with Crippen LogP contribution in [0.2, 0.25) is 0 Å². The molecule has 0 aliphatic heterocycles. The van der Waals surface area contributed by atoms with Gasteiger partial charge in [0, 0.05) is 12.7 Å². The Morgan fingerprint density at radius 2 is 2.33 bits per heavy atom. The topological polar surface area (TPSA) is 42.0 Å². The molecule has 2 rings (SSSR count). The minimum Gasteiger partial charge on any atom is -0.302 e. The van der Waals surface area contributed by atoms with Gasteiger partial charge in [0.2, 0.25) is 5.91 Å². The number of aryl methyl sites for hydroxylation is 2. The summed E-state index contributed by atoms with van der Waals surface area (Å²) >= 11 is 1.65. The van der Waals surface area contributed by atoms with E-state index in [0.717, 1.165) is 24.4 Å². The minimum absolute atomic E-state index is 0. The number of hydrogen-bond donors (Lipinski definition) is 1. The molecule has 1 aliphatic carbocycles. The third kappa shape index (κ3) is 2.56. The Morgan fingerprint density at radius 1 is 1.53 bits per heavy atom. The van der Waals surface area contributed by atoms with Gasteiger partial charge in [-0.2, -0.15) is 0 Å². The van der Waals surface area contributed by atoms with E-state index in [1.807, 2.05) is 6.92 Å². The molecule has 0 spiro atoms. The Balaban J connectivity index is 0.00000128. The number of fused-ring (bicyclic) bond motifs is 1. The molecule has 0 atom stereocenters. The molecule has 1 heterocycles. The Labute approximate surface area is 95.4 Å². The third-order valence-electron chi connectivity index (χ3n) is 2.57. The Kier molecular flexibility index (Phi) is 3.36. The average Bonchev–Trinajstić information content (AvgIpc) is 2.59. The van der Waals surface area contributed by atoms with Crippen LogP contribution in [0.3, 0.4) is 0 Å². The highest BCUT2D eigenvalue weighted by Gasteiger charge is 2.15. The lowest BCUT2D eigenvalue weighted by atomic mass is 10.0. The van der Waals surface area contributed by atoms with Crippen LogP contribution in [-0.4, -0.2) is 10.9 Å². The summed E-state index contributed by atoms with van der Waals surface area (Å²) in [6, 6.07) is 0. The number of thiazole rings is 1. The molecule has 84 valence electrons. The second-order valence-electron chi connectivity index (χ2n) is 3.89. The van der Waals surface area contributed by atoms with Gasteiger partial charge in [-0.05, 0) is 32.1 Å². The van der Waals surface area contributed by atoms with Gasteiger partial charge < -0.3 is 5.32 Å². The molecule has 0 radical (unpaired) electrons. The minimum atomic E-state index is 0. The number of rotatable bonds is 3. The van der Waals surface area contributed by atoms with Gasteiger partial charge >= 0.3 is 0 Å². The molecular formula is C11H18N2OS. The highest BCUT2D eigenvalue weighted by atomic mass is 32.1. The van der Waals surface area contributed by atoms with E-state index in [9.17, 15) is 4.79 Å². The number of nitrogens with zero attached hydrogens (tertiary/aromatic N) is 1. The van der Waals surface area contributed by atoms with Crippen molar-refractivity contribution in [2.75, 3.05) is 5.32 Å². The van der Waals surface area contributed by atoms with Crippen molar-refractivity contribution >= 4 is 22.4 Å². The van der Waals surface area contributed by atoms with Crippen LogP contribution in [0.1, 0.15) is 44.6 Å². The van der Waals surface area contributed by atoms with E-state index in [0.29, 0.717) is 6.42 Å². The van der Waals surface area contributed by atoms with Gasteiger partial charge in [-0.15, -0.1) is 11.3 Å². The summed E-state index contributed by atoms with van der Waals surface area (Å²) in [4.78, 5) is 17.2. The number of amides is 1. The maximum Gasteiger partial charge on any atom is 0.226 e. The van der Waals surface area contributed by atoms with E-state index in [2.05, 4.69) is 10.3 Å². The van der Waals surface area contributed by atoms with Crippen LogP contribution in [0.25, 0.3) is 0 Å². The molecule has 1 aromatic rings. The van der Waals surface area contributed by atoms with Gasteiger partial charge in [-0.25, -0.2) is 4.98 Å². The molecule has 1 amide bonds. The zero-order valence-corrected chi connectivity index (χ0v) is 9.82. The van der Waals surface area contributed by atoms with Gasteiger partial charge in [-0.1, -0.05) is 6.92 Å². The smallest absolute Gasteiger partial charge is 0.226 e. The molecule has 0 saturated heterocycles. The van der Waals surface area contributed by atoms with Crippen molar-refractivity contribution in [1.29, 1.82) is 0 Å². The first kappa shape index (κ1) is 10.6. The van der Waals surface area contributed by atoms with E-state index < -0.39 is 0 Å². The van der Waals surface area contributed by atoms with Crippen molar-refractivity contribution in [3.63, 3.8) is 0 Å². The first-order valence-corrected chi connectivity index (χ1v) is 6.39. The number of hydrogen-bond acceptors (Lipinski definition) is 3. The number of carbonyl (C=O) groups is 1. The first-order chi connectivity index (χ1) is 7.29. The second kappa shape index (κ2) is 4.75. The summed E-state index contributed by atoms with van der Waals surface area (Å²) in [7, 11) is 0. The van der Waals surface area contributed by atoms with Crippen molar-refractivity contribution in [3.05, 3.63) is 10.6 Å². The molecule has 0 unspecified atom stereocenters. The summed E-state index contributed by atoms with van der Waals surface area (Å²) in [6.07, 6.45) is 6.18. The predicted molar refractivity (Wildman–Crippen MR) is 64.4 cm³/mol. The summed E-state index contributed by atoms with van der Waals surface area (Å²) in [6.45, 7) is 2.01. The lowest BCUT2D eigenvalue weighted by Crippen LogP contribution is -2.10. The van der Waals surface area contributed by atoms with Gasteiger partial charge in [0.25, 0.3) is 0 Å². The van der Waals surface area contributed by atoms with Crippen LogP contribution >= 0.6 is 11.3 Å². The van der Waals surface area contributed by atoms with Crippen molar-refractivity contribution < 1.29 is 6.22 Å². The number of aromatic nitrogens is 1. The van der Waals surface area contributed by atoms with Crippen LogP contribution in [0.4, 0.5) is 5.13 Å². The number of nitrogens with one attached hydrogen (secondary N) is 1. The zero-order valence-electron chi connectivity index (χ0n) is 9.01. The van der Waals surface area contributed by atoms with Crippen LogP contribution in [0, 0.1) is 0 Å². The molecule has 4 heteroatoms. The zero-order chi connectivity index (χ0) is 10.7. The van der Waals surface area contributed by atoms with Crippen molar-refractivity contribution in [1.82, 2.24) is 4.98 Å². The molecule has 3 nitrogen and oxygen atoms in total. The van der Waals surface area contributed by atoms with Gasteiger partial charge in [0.05, 0.1) is 5.69 Å². The van der Waals surface area contributed by atoms with Crippen LogP contribution in [0.5, 0.6) is 0 Å². The second-order valence-corrected chi connectivity index (χ2v) is 4.98. The van der Waals surface area contributed by atoms with E-state index in [1.54, 1.807) is 11.3 Å². The first-order valence-electron chi connectivity index (χ1n) is 5.58. The SMILES string of the molecule is CCCC(=O)Nc1nc2c(s1)CCCC2.[HH]. The Bertz CT molecular complexity index is 341. The van der Waals surface area contributed by atoms with E-state index in [-0.39, 0.29) is 7.33 Å². The molecule has 0 aromatic carbocycles. The molecule has 15 heavy (non-hydrogen) atoms. The molecule has 1 aromatic heterocycles. The summed E-state index contributed by atoms with van der Waals surface area (Å²) < 4.78 is 0. The monoisotopic (exact) mass is 226 g/mol. The van der Waals surface area contributed by atoms with E-state index in [1.165, 1.54) is 23.4 Å². The Hall–Kier alpha value is -0.900.